The van der Waals surface area contributed by atoms with Crippen molar-refractivity contribution in [2.75, 3.05) is 19.6 Å². The van der Waals surface area contributed by atoms with Gasteiger partial charge in [0.1, 0.15) is 6.04 Å². The van der Waals surface area contributed by atoms with Gasteiger partial charge in [0.05, 0.1) is 4.88 Å². The Hall–Kier alpha value is -1.11. The third-order valence-electron chi connectivity index (χ3n) is 4.66. The van der Waals surface area contributed by atoms with Crippen LogP contribution in [0.2, 0.25) is 0 Å². The van der Waals surface area contributed by atoms with Crippen LogP contribution in [0.3, 0.4) is 0 Å². The SMILES string of the molecule is CC(NC(=O)c1cccs1)C(=O)N1CCC(NCC2CC2)CC1.Cl. The summed E-state index contributed by atoms with van der Waals surface area (Å²) in [6.45, 7) is 4.46. The van der Waals surface area contributed by atoms with Gasteiger partial charge in [-0.3, -0.25) is 9.59 Å². The second-order valence-electron chi connectivity index (χ2n) is 6.62. The monoisotopic (exact) mass is 371 g/mol. The molecule has 7 heteroatoms. The highest BCUT2D eigenvalue weighted by Crippen LogP contribution is 2.28. The van der Waals surface area contributed by atoms with Gasteiger partial charge in [-0.15, -0.1) is 23.7 Å². The van der Waals surface area contributed by atoms with Gasteiger partial charge >= 0.3 is 0 Å². The lowest BCUT2D eigenvalue weighted by molar-refractivity contribution is -0.133. The lowest BCUT2D eigenvalue weighted by atomic mass is 10.0. The largest absolute Gasteiger partial charge is 0.341 e. The van der Waals surface area contributed by atoms with E-state index in [2.05, 4.69) is 10.6 Å². The van der Waals surface area contributed by atoms with E-state index >= 15 is 0 Å². The first kappa shape index (κ1) is 19.2. The van der Waals surface area contributed by atoms with Crippen molar-refractivity contribution in [2.24, 2.45) is 5.92 Å². The van der Waals surface area contributed by atoms with Crippen molar-refractivity contribution in [3.8, 4) is 0 Å². The van der Waals surface area contributed by atoms with Crippen LogP contribution in [0.25, 0.3) is 0 Å². The predicted octanol–water partition coefficient (Wildman–Crippen LogP) is 2.28. The fourth-order valence-electron chi connectivity index (χ4n) is 2.97. The molecule has 0 radical (unpaired) electrons. The first-order chi connectivity index (χ1) is 11.1. The molecule has 0 bridgehead atoms. The lowest BCUT2D eigenvalue weighted by Crippen LogP contribution is -2.51. The molecule has 24 heavy (non-hydrogen) atoms. The van der Waals surface area contributed by atoms with E-state index in [1.54, 1.807) is 13.0 Å². The summed E-state index contributed by atoms with van der Waals surface area (Å²) in [5.41, 5.74) is 0. The highest BCUT2D eigenvalue weighted by molar-refractivity contribution is 7.12. The maximum absolute atomic E-state index is 12.5. The molecule has 1 aromatic heterocycles. The summed E-state index contributed by atoms with van der Waals surface area (Å²) in [6, 6.07) is 3.68. The topological polar surface area (TPSA) is 61.4 Å². The zero-order valence-corrected chi connectivity index (χ0v) is 15.6. The average Bonchev–Trinajstić information content (AvgIpc) is 3.23. The number of hydrogen-bond acceptors (Lipinski definition) is 4. The summed E-state index contributed by atoms with van der Waals surface area (Å²) >= 11 is 1.39. The lowest BCUT2D eigenvalue weighted by Gasteiger charge is -2.34. The number of piperidine rings is 1. The Morgan fingerprint density at radius 3 is 2.58 bits per heavy atom. The Kier molecular flexibility index (Phi) is 7.07. The first-order valence-corrected chi connectivity index (χ1v) is 9.38. The highest BCUT2D eigenvalue weighted by Gasteiger charge is 2.28. The van der Waals surface area contributed by atoms with Crippen molar-refractivity contribution in [2.45, 2.75) is 44.7 Å². The minimum atomic E-state index is -0.472. The van der Waals surface area contributed by atoms with Crippen LogP contribution in [0.5, 0.6) is 0 Å². The highest BCUT2D eigenvalue weighted by atomic mass is 35.5. The van der Waals surface area contributed by atoms with Crippen LogP contribution >= 0.6 is 23.7 Å². The average molecular weight is 372 g/mol. The molecule has 0 spiro atoms. The van der Waals surface area contributed by atoms with Crippen LogP contribution in [0.4, 0.5) is 0 Å². The molecular formula is C17H26ClN3O2S. The molecule has 2 N–H and O–H groups in total. The standard InChI is InChI=1S/C17H25N3O2S.ClH/c1-12(19-16(21)15-3-2-10-23-15)17(22)20-8-6-14(7-9-20)18-11-13-4-5-13;/h2-3,10,12-14,18H,4-9,11H2,1H3,(H,19,21);1H. The molecule has 5 nitrogen and oxygen atoms in total. The Morgan fingerprint density at radius 2 is 2.00 bits per heavy atom. The molecule has 134 valence electrons. The van der Waals surface area contributed by atoms with E-state index in [0.717, 1.165) is 38.4 Å². The van der Waals surface area contributed by atoms with E-state index in [1.165, 1.54) is 24.2 Å². The number of likely N-dealkylation sites (tertiary alicyclic amines) is 1. The maximum Gasteiger partial charge on any atom is 0.261 e. The molecule has 3 rings (SSSR count). The summed E-state index contributed by atoms with van der Waals surface area (Å²) in [5.74, 6) is 0.750. The van der Waals surface area contributed by atoms with E-state index in [0.29, 0.717) is 10.9 Å². The number of nitrogens with one attached hydrogen (secondary N) is 2. The van der Waals surface area contributed by atoms with Crippen molar-refractivity contribution >= 4 is 35.6 Å². The molecule has 1 aliphatic heterocycles. The van der Waals surface area contributed by atoms with Crippen LogP contribution in [-0.4, -0.2) is 48.4 Å². The van der Waals surface area contributed by atoms with Crippen LogP contribution in [0.1, 0.15) is 42.3 Å². The van der Waals surface area contributed by atoms with Crippen LogP contribution < -0.4 is 10.6 Å². The number of amides is 2. The maximum atomic E-state index is 12.5. The number of rotatable bonds is 6. The number of hydrogen-bond donors (Lipinski definition) is 2. The van der Waals surface area contributed by atoms with Gasteiger partial charge in [-0.2, -0.15) is 0 Å². The summed E-state index contributed by atoms with van der Waals surface area (Å²) in [4.78, 5) is 27.0. The molecule has 2 heterocycles. The Bertz CT molecular complexity index is 540. The smallest absolute Gasteiger partial charge is 0.261 e. The minimum Gasteiger partial charge on any atom is -0.341 e. The van der Waals surface area contributed by atoms with Gasteiger partial charge in [0.15, 0.2) is 0 Å². The molecular weight excluding hydrogens is 346 g/mol. The Labute approximate surface area is 153 Å². The molecule has 0 aromatic carbocycles. The number of thiophene rings is 1. The molecule has 2 aliphatic rings. The number of nitrogens with zero attached hydrogens (tertiary/aromatic N) is 1. The van der Waals surface area contributed by atoms with Crippen molar-refractivity contribution < 1.29 is 9.59 Å². The first-order valence-electron chi connectivity index (χ1n) is 8.50. The third kappa shape index (κ3) is 5.19. The summed E-state index contributed by atoms with van der Waals surface area (Å²) < 4.78 is 0. The normalized spacial score (nSPS) is 19.5. The number of carbonyl (C=O) groups is 2. The molecule has 2 amide bonds. The zero-order valence-electron chi connectivity index (χ0n) is 14.0. The second kappa shape index (κ2) is 8.83. The van der Waals surface area contributed by atoms with E-state index in [4.69, 9.17) is 0 Å². The van der Waals surface area contributed by atoms with Gasteiger partial charge in [-0.25, -0.2) is 0 Å². The molecule has 1 unspecified atom stereocenters. The fraction of sp³-hybridized carbons (Fsp3) is 0.647. The predicted molar refractivity (Wildman–Crippen MR) is 98.8 cm³/mol. The quantitative estimate of drug-likeness (QED) is 0.806. The zero-order chi connectivity index (χ0) is 16.2. The summed E-state index contributed by atoms with van der Waals surface area (Å²) in [6.07, 6.45) is 4.74. The Morgan fingerprint density at radius 1 is 1.29 bits per heavy atom. The summed E-state index contributed by atoms with van der Waals surface area (Å²) in [7, 11) is 0. The van der Waals surface area contributed by atoms with Gasteiger partial charge in [0, 0.05) is 19.1 Å². The van der Waals surface area contributed by atoms with E-state index in [-0.39, 0.29) is 24.2 Å². The molecule has 1 saturated heterocycles. The van der Waals surface area contributed by atoms with E-state index in [9.17, 15) is 9.59 Å². The number of carbonyl (C=O) groups excluding carboxylic acids is 2. The van der Waals surface area contributed by atoms with Crippen molar-refractivity contribution in [3.63, 3.8) is 0 Å². The van der Waals surface area contributed by atoms with Crippen LogP contribution in [0.15, 0.2) is 17.5 Å². The van der Waals surface area contributed by atoms with Gasteiger partial charge in [0.25, 0.3) is 5.91 Å². The third-order valence-corrected chi connectivity index (χ3v) is 5.53. The Balaban J connectivity index is 0.00000208. The molecule has 1 aliphatic carbocycles. The van der Waals surface area contributed by atoms with Crippen molar-refractivity contribution in [1.29, 1.82) is 0 Å². The van der Waals surface area contributed by atoms with Gasteiger partial charge < -0.3 is 15.5 Å². The van der Waals surface area contributed by atoms with Gasteiger partial charge in [0.2, 0.25) is 5.91 Å². The van der Waals surface area contributed by atoms with E-state index in [1.807, 2.05) is 16.3 Å². The van der Waals surface area contributed by atoms with Crippen LogP contribution in [-0.2, 0) is 4.79 Å². The number of halogens is 1. The second-order valence-corrected chi connectivity index (χ2v) is 7.57. The summed E-state index contributed by atoms with van der Waals surface area (Å²) in [5, 5.41) is 8.28. The van der Waals surface area contributed by atoms with Crippen molar-refractivity contribution in [1.82, 2.24) is 15.5 Å². The molecule has 1 atom stereocenters. The van der Waals surface area contributed by atoms with Crippen molar-refractivity contribution in [3.05, 3.63) is 22.4 Å². The van der Waals surface area contributed by atoms with Crippen LogP contribution in [0, 0.1) is 5.92 Å². The van der Waals surface area contributed by atoms with Gasteiger partial charge in [-0.05, 0) is 56.5 Å². The molecule has 1 saturated carbocycles. The molecule has 2 fully saturated rings. The van der Waals surface area contributed by atoms with E-state index < -0.39 is 6.04 Å². The molecule has 1 aromatic rings. The minimum absolute atomic E-state index is 0. The van der Waals surface area contributed by atoms with Gasteiger partial charge in [-0.1, -0.05) is 6.07 Å². The fourth-order valence-corrected chi connectivity index (χ4v) is 3.60.